The summed E-state index contributed by atoms with van der Waals surface area (Å²) in [7, 11) is 0. The first-order valence-electron chi connectivity index (χ1n) is 3.71. The first kappa shape index (κ1) is 10.2. The molecule has 0 aromatic heterocycles. The van der Waals surface area contributed by atoms with Crippen molar-refractivity contribution in [2.24, 2.45) is 0 Å². The molecule has 1 aromatic carbocycles. The number of halogens is 2. The number of alkyl halides is 1. The fraction of sp³-hybridized carbons (Fsp3) is 0.333. The second kappa shape index (κ2) is 5.74. The molecule has 0 aliphatic rings. The molecule has 0 heterocycles. The second-order valence-corrected chi connectivity index (χ2v) is 4.22. The molecule has 0 nitrogen and oxygen atoms in total. The van der Waals surface area contributed by atoms with E-state index < -0.39 is 0 Å². The lowest BCUT2D eigenvalue weighted by Crippen LogP contribution is -1.84. The monoisotopic (exact) mass is 220 g/mol. The molecule has 66 valence electrons. The summed E-state index contributed by atoms with van der Waals surface area (Å²) in [6, 6.07) is 7.90. The number of hydrogen-bond acceptors (Lipinski definition) is 1. The third kappa shape index (κ3) is 3.26. The standard InChI is InChI=1S/C9H10Cl2S/c10-5-6-12-7-8-3-1-2-4-9(8)11/h1-4H,5-7H2. The SMILES string of the molecule is ClCCSCc1ccccc1Cl. The lowest BCUT2D eigenvalue weighted by molar-refractivity contribution is 1.40. The Balaban J connectivity index is 2.46. The van der Waals surface area contributed by atoms with E-state index in [1.165, 1.54) is 5.56 Å². The zero-order chi connectivity index (χ0) is 8.81. The number of thioether (sulfide) groups is 1. The molecule has 0 fully saturated rings. The highest BCUT2D eigenvalue weighted by atomic mass is 35.5. The van der Waals surface area contributed by atoms with E-state index in [4.69, 9.17) is 23.2 Å². The molecule has 0 aliphatic heterocycles. The fourth-order valence-corrected chi connectivity index (χ4v) is 2.19. The third-order valence-corrected chi connectivity index (χ3v) is 3.23. The Bertz CT molecular complexity index is 238. The van der Waals surface area contributed by atoms with Gasteiger partial charge in [0.2, 0.25) is 0 Å². The highest BCUT2D eigenvalue weighted by molar-refractivity contribution is 7.98. The smallest absolute Gasteiger partial charge is 0.0446 e. The van der Waals surface area contributed by atoms with Crippen LogP contribution in [0.1, 0.15) is 5.56 Å². The van der Waals surface area contributed by atoms with Gasteiger partial charge >= 0.3 is 0 Å². The van der Waals surface area contributed by atoms with Crippen molar-refractivity contribution in [1.82, 2.24) is 0 Å². The molecule has 0 saturated heterocycles. The van der Waals surface area contributed by atoms with Gasteiger partial charge in [-0.3, -0.25) is 0 Å². The Morgan fingerprint density at radius 2 is 2.00 bits per heavy atom. The predicted octanol–water partition coefficient (Wildman–Crippen LogP) is 3.81. The molecule has 0 aliphatic carbocycles. The maximum Gasteiger partial charge on any atom is 0.0446 e. The van der Waals surface area contributed by atoms with Crippen molar-refractivity contribution in [1.29, 1.82) is 0 Å². The summed E-state index contributed by atoms with van der Waals surface area (Å²) in [5.41, 5.74) is 1.19. The molecule has 0 amide bonds. The van der Waals surface area contributed by atoms with Crippen LogP contribution < -0.4 is 0 Å². The number of hydrogen-bond donors (Lipinski definition) is 0. The Hall–Kier alpha value is 0.150. The highest BCUT2D eigenvalue weighted by Crippen LogP contribution is 2.20. The Labute approximate surface area is 87.3 Å². The third-order valence-electron chi connectivity index (χ3n) is 1.44. The van der Waals surface area contributed by atoms with Gasteiger partial charge < -0.3 is 0 Å². The summed E-state index contributed by atoms with van der Waals surface area (Å²) in [4.78, 5) is 0. The van der Waals surface area contributed by atoms with Crippen LogP contribution in [0.4, 0.5) is 0 Å². The minimum atomic E-state index is 0.703. The van der Waals surface area contributed by atoms with Crippen molar-refractivity contribution in [3.05, 3.63) is 34.9 Å². The van der Waals surface area contributed by atoms with Gasteiger partial charge in [0.15, 0.2) is 0 Å². The van der Waals surface area contributed by atoms with E-state index in [-0.39, 0.29) is 0 Å². The van der Waals surface area contributed by atoms with E-state index in [9.17, 15) is 0 Å². The molecule has 0 bridgehead atoms. The molecule has 12 heavy (non-hydrogen) atoms. The quantitative estimate of drug-likeness (QED) is 0.550. The highest BCUT2D eigenvalue weighted by Gasteiger charge is 1.97. The van der Waals surface area contributed by atoms with Crippen molar-refractivity contribution in [3.8, 4) is 0 Å². The van der Waals surface area contributed by atoms with Crippen LogP contribution >= 0.6 is 35.0 Å². The zero-order valence-corrected chi connectivity index (χ0v) is 8.92. The summed E-state index contributed by atoms with van der Waals surface area (Å²) >= 11 is 13.3. The largest absolute Gasteiger partial charge is 0.156 e. The van der Waals surface area contributed by atoms with Crippen molar-refractivity contribution in [3.63, 3.8) is 0 Å². The molecular weight excluding hydrogens is 211 g/mol. The van der Waals surface area contributed by atoms with Crippen LogP contribution in [-0.4, -0.2) is 11.6 Å². The molecular formula is C9H10Cl2S. The van der Waals surface area contributed by atoms with Crippen molar-refractivity contribution in [2.45, 2.75) is 5.75 Å². The average Bonchev–Trinajstić information content (AvgIpc) is 2.09. The zero-order valence-electron chi connectivity index (χ0n) is 6.59. The van der Waals surface area contributed by atoms with E-state index in [0.717, 1.165) is 16.5 Å². The summed E-state index contributed by atoms with van der Waals surface area (Å²) in [6.45, 7) is 0. The van der Waals surface area contributed by atoms with Gasteiger partial charge in [-0.1, -0.05) is 29.8 Å². The lowest BCUT2D eigenvalue weighted by atomic mass is 10.2. The van der Waals surface area contributed by atoms with Gasteiger partial charge in [0.25, 0.3) is 0 Å². The maximum atomic E-state index is 5.96. The lowest BCUT2D eigenvalue weighted by Gasteiger charge is -2.01. The van der Waals surface area contributed by atoms with Crippen LogP contribution in [0.2, 0.25) is 5.02 Å². The van der Waals surface area contributed by atoms with E-state index in [0.29, 0.717) is 5.88 Å². The Kier molecular flexibility index (Phi) is 4.89. The van der Waals surface area contributed by atoms with Crippen LogP contribution in [0, 0.1) is 0 Å². The molecule has 1 rings (SSSR count). The van der Waals surface area contributed by atoms with Crippen LogP contribution in [-0.2, 0) is 5.75 Å². The molecule has 0 atom stereocenters. The minimum Gasteiger partial charge on any atom is -0.156 e. The minimum absolute atomic E-state index is 0.703. The molecule has 0 unspecified atom stereocenters. The van der Waals surface area contributed by atoms with Crippen LogP contribution in [0.3, 0.4) is 0 Å². The normalized spacial score (nSPS) is 10.2. The summed E-state index contributed by atoms with van der Waals surface area (Å²) < 4.78 is 0. The first-order valence-corrected chi connectivity index (χ1v) is 5.78. The van der Waals surface area contributed by atoms with E-state index in [1.54, 1.807) is 11.8 Å². The maximum absolute atomic E-state index is 5.96. The van der Waals surface area contributed by atoms with Crippen molar-refractivity contribution < 1.29 is 0 Å². The van der Waals surface area contributed by atoms with Gasteiger partial charge in [0.05, 0.1) is 0 Å². The Morgan fingerprint density at radius 3 is 2.67 bits per heavy atom. The van der Waals surface area contributed by atoms with Gasteiger partial charge in [-0.2, -0.15) is 11.8 Å². The van der Waals surface area contributed by atoms with Crippen LogP contribution in [0.5, 0.6) is 0 Å². The van der Waals surface area contributed by atoms with Crippen LogP contribution in [0.15, 0.2) is 24.3 Å². The first-order chi connectivity index (χ1) is 5.84. The summed E-state index contributed by atoms with van der Waals surface area (Å²) in [5, 5.41) is 0.847. The average molecular weight is 221 g/mol. The van der Waals surface area contributed by atoms with Gasteiger partial charge in [-0.25, -0.2) is 0 Å². The van der Waals surface area contributed by atoms with Gasteiger partial charge in [0.1, 0.15) is 0 Å². The molecule has 3 heteroatoms. The summed E-state index contributed by atoms with van der Waals surface area (Å²) in [5.74, 6) is 2.63. The predicted molar refractivity (Wildman–Crippen MR) is 58.3 cm³/mol. The van der Waals surface area contributed by atoms with E-state index in [2.05, 4.69) is 0 Å². The second-order valence-electron chi connectivity index (χ2n) is 2.33. The fourth-order valence-electron chi connectivity index (χ4n) is 0.852. The molecule has 0 spiro atoms. The Morgan fingerprint density at radius 1 is 1.25 bits per heavy atom. The topological polar surface area (TPSA) is 0 Å². The van der Waals surface area contributed by atoms with Crippen molar-refractivity contribution in [2.75, 3.05) is 11.6 Å². The molecule has 0 N–H and O–H groups in total. The van der Waals surface area contributed by atoms with Gasteiger partial charge in [-0.15, -0.1) is 11.6 Å². The summed E-state index contributed by atoms with van der Waals surface area (Å²) in [6.07, 6.45) is 0. The molecule has 0 radical (unpaired) electrons. The van der Waals surface area contributed by atoms with E-state index >= 15 is 0 Å². The van der Waals surface area contributed by atoms with Crippen molar-refractivity contribution >= 4 is 35.0 Å². The van der Waals surface area contributed by atoms with Gasteiger partial charge in [-0.05, 0) is 11.6 Å². The number of benzene rings is 1. The van der Waals surface area contributed by atoms with Gasteiger partial charge in [0, 0.05) is 22.4 Å². The van der Waals surface area contributed by atoms with E-state index in [1.807, 2.05) is 24.3 Å². The number of rotatable bonds is 4. The molecule has 0 saturated carbocycles. The molecule has 1 aromatic rings. The van der Waals surface area contributed by atoms with Crippen LogP contribution in [0.25, 0.3) is 0 Å².